The van der Waals surface area contributed by atoms with Gasteiger partial charge in [0.2, 0.25) is 0 Å². The molecule has 3 nitrogen and oxygen atoms in total. The number of carbonyl (C=O) groups is 1. The quantitative estimate of drug-likeness (QED) is 0.340. The zero-order valence-electron chi connectivity index (χ0n) is 21.5. The van der Waals surface area contributed by atoms with Gasteiger partial charge in [0, 0.05) is 48.6 Å². The molecule has 2 fully saturated rings. The lowest BCUT2D eigenvalue weighted by atomic mass is 9.85. The zero-order valence-corrected chi connectivity index (χ0v) is 22.3. The van der Waals surface area contributed by atoms with Gasteiger partial charge in [0.15, 0.2) is 0 Å². The minimum absolute atomic E-state index is 0.0537. The highest BCUT2D eigenvalue weighted by Crippen LogP contribution is 2.38. The summed E-state index contributed by atoms with van der Waals surface area (Å²) in [7, 11) is 0. The number of carbonyl (C=O) groups excluding carboxylic acids is 1. The molecule has 5 heteroatoms. The Morgan fingerprint density at radius 3 is 2.42 bits per heavy atom. The summed E-state index contributed by atoms with van der Waals surface area (Å²) in [5.74, 6) is 0.500. The second kappa shape index (κ2) is 11.3. The Kier molecular flexibility index (Phi) is 7.87. The van der Waals surface area contributed by atoms with E-state index in [-0.39, 0.29) is 17.8 Å². The Morgan fingerprint density at radius 1 is 0.972 bits per heavy atom. The van der Waals surface area contributed by atoms with Crippen LogP contribution in [0.15, 0.2) is 60.0 Å². The maximum atomic E-state index is 13.8. The van der Waals surface area contributed by atoms with Crippen molar-refractivity contribution in [1.82, 2.24) is 9.80 Å². The molecular weight excluding hydrogens is 467 g/mol. The predicted molar refractivity (Wildman–Crippen MR) is 146 cm³/mol. The molecular formula is C31H37FN2OS. The van der Waals surface area contributed by atoms with Gasteiger partial charge in [-0.25, -0.2) is 4.39 Å². The summed E-state index contributed by atoms with van der Waals surface area (Å²) in [5.41, 5.74) is 4.70. The molecule has 36 heavy (non-hydrogen) atoms. The van der Waals surface area contributed by atoms with E-state index in [9.17, 15) is 9.18 Å². The van der Waals surface area contributed by atoms with Crippen molar-refractivity contribution >= 4 is 17.2 Å². The van der Waals surface area contributed by atoms with Crippen LogP contribution in [0.4, 0.5) is 4.39 Å². The van der Waals surface area contributed by atoms with E-state index >= 15 is 0 Å². The van der Waals surface area contributed by atoms with E-state index in [1.807, 2.05) is 11.3 Å². The molecule has 0 bridgehead atoms. The van der Waals surface area contributed by atoms with Gasteiger partial charge in [-0.2, -0.15) is 0 Å². The molecule has 3 aromatic rings. The Hall–Kier alpha value is -2.50. The highest BCUT2D eigenvalue weighted by Gasteiger charge is 2.38. The highest BCUT2D eigenvalue weighted by molar-refractivity contribution is 7.10. The van der Waals surface area contributed by atoms with Crippen LogP contribution in [-0.2, 0) is 6.54 Å². The topological polar surface area (TPSA) is 23.6 Å². The summed E-state index contributed by atoms with van der Waals surface area (Å²) in [5, 5.41) is 2.18. The van der Waals surface area contributed by atoms with Crippen LogP contribution in [0.2, 0.25) is 0 Å². The number of thiophene rings is 1. The molecule has 2 heterocycles. The maximum absolute atomic E-state index is 13.8. The zero-order chi connectivity index (χ0) is 25.1. The summed E-state index contributed by atoms with van der Waals surface area (Å²) in [6.45, 7) is 8.12. The fourth-order valence-corrected chi connectivity index (χ4v) is 7.15. The Labute approximate surface area is 218 Å². The second-order valence-electron chi connectivity index (χ2n) is 10.7. The van der Waals surface area contributed by atoms with Gasteiger partial charge in [-0.3, -0.25) is 9.69 Å². The molecule has 5 rings (SSSR count). The fourth-order valence-electron chi connectivity index (χ4n) is 6.20. The van der Waals surface area contributed by atoms with Crippen molar-refractivity contribution in [3.63, 3.8) is 0 Å². The van der Waals surface area contributed by atoms with Crippen LogP contribution < -0.4 is 0 Å². The van der Waals surface area contributed by atoms with E-state index < -0.39 is 0 Å². The van der Waals surface area contributed by atoms with Gasteiger partial charge < -0.3 is 4.90 Å². The smallest absolute Gasteiger partial charge is 0.254 e. The summed E-state index contributed by atoms with van der Waals surface area (Å²) >= 11 is 1.84. The van der Waals surface area contributed by atoms with Gasteiger partial charge in [-0.1, -0.05) is 43.5 Å². The first-order chi connectivity index (χ1) is 17.5. The first-order valence-electron chi connectivity index (χ1n) is 13.4. The third kappa shape index (κ3) is 5.57. The summed E-state index contributed by atoms with van der Waals surface area (Å²) in [4.78, 5) is 20.0. The molecule has 1 saturated carbocycles. The standard InChI is InChI=1S/C31H37FN2OS/c1-22-8-6-7-11-28(22)29-20-33(21-30-23(2)16-17-36-30)18-25(29)19-34(27-9-4-3-5-10-27)31(35)24-12-14-26(32)15-13-24/h6-8,11-17,25,27,29H,3-5,9-10,18-21H2,1-2H3/t25-,29+/m0/s1. The van der Waals surface area contributed by atoms with Crippen molar-refractivity contribution in [1.29, 1.82) is 0 Å². The van der Waals surface area contributed by atoms with E-state index in [2.05, 4.69) is 59.4 Å². The molecule has 1 aliphatic carbocycles. The van der Waals surface area contributed by atoms with Gasteiger partial charge in [0.25, 0.3) is 5.91 Å². The maximum Gasteiger partial charge on any atom is 0.254 e. The minimum Gasteiger partial charge on any atom is -0.335 e. The average molecular weight is 505 g/mol. The molecule has 1 saturated heterocycles. The van der Waals surface area contributed by atoms with Crippen LogP contribution in [0.1, 0.15) is 69.9 Å². The van der Waals surface area contributed by atoms with Crippen molar-refractivity contribution in [2.75, 3.05) is 19.6 Å². The molecule has 2 aliphatic rings. The largest absolute Gasteiger partial charge is 0.335 e. The molecule has 190 valence electrons. The number of amides is 1. The fraction of sp³-hybridized carbons (Fsp3) is 0.452. The van der Waals surface area contributed by atoms with Gasteiger partial charge in [0.05, 0.1) is 0 Å². The van der Waals surface area contributed by atoms with E-state index in [0.29, 0.717) is 17.4 Å². The summed E-state index contributed by atoms with van der Waals surface area (Å²) < 4.78 is 13.6. The molecule has 0 radical (unpaired) electrons. The van der Waals surface area contributed by atoms with Crippen molar-refractivity contribution in [3.05, 3.63) is 92.9 Å². The van der Waals surface area contributed by atoms with Crippen molar-refractivity contribution in [3.8, 4) is 0 Å². The third-order valence-corrected chi connectivity index (χ3v) is 9.25. The summed E-state index contributed by atoms with van der Waals surface area (Å²) in [6.07, 6.45) is 5.72. The number of likely N-dealkylation sites (tertiary alicyclic amines) is 1. The minimum atomic E-state index is -0.300. The lowest BCUT2D eigenvalue weighted by Crippen LogP contribution is -2.45. The molecule has 0 N–H and O–H groups in total. The Balaban J connectivity index is 1.43. The molecule has 1 aliphatic heterocycles. The van der Waals surface area contributed by atoms with E-state index in [1.54, 1.807) is 12.1 Å². The number of halogens is 1. The van der Waals surface area contributed by atoms with Crippen LogP contribution in [0.3, 0.4) is 0 Å². The summed E-state index contributed by atoms with van der Waals surface area (Å²) in [6, 6.07) is 17.3. The van der Waals surface area contributed by atoms with Crippen molar-refractivity contribution in [2.45, 2.75) is 64.5 Å². The highest BCUT2D eigenvalue weighted by atomic mass is 32.1. The molecule has 2 atom stereocenters. The first-order valence-corrected chi connectivity index (χ1v) is 14.2. The van der Waals surface area contributed by atoms with E-state index in [0.717, 1.165) is 39.0 Å². The number of hydrogen-bond acceptors (Lipinski definition) is 3. The number of rotatable bonds is 7. The molecule has 1 amide bonds. The Morgan fingerprint density at radius 2 is 1.72 bits per heavy atom. The molecule has 0 unspecified atom stereocenters. The van der Waals surface area contributed by atoms with Gasteiger partial charge in [-0.05, 0) is 85.0 Å². The van der Waals surface area contributed by atoms with Gasteiger partial charge in [0.1, 0.15) is 5.82 Å². The van der Waals surface area contributed by atoms with Crippen molar-refractivity contribution in [2.24, 2.45) is 5.92 Å². The predicted octanol–water partition coefficient (Wildman–Crippen LogP) is 7.19. The number of benzene rings is 2. The molecule has 2 aromatic carbocycles. The monoisotopic (exact) mass is 504 g/mol. The van der Waals surface area contributed by atoms with Crippen LogP contribution in [0.5, 0.6) is 0 Å². The van der Waals surface area contributed by atoms with E-state index in [4.69, 9.17) is 0 Å². The third-order valence-electron chi connectivity index (χ3n) is 8.24. The van der Waals surface area contributed by atoms with Crippen LogP contribution >= 0.6 is 11.3 Å². The lowest BCUT2D eigenvalue weighted by molar-refractivity contribution is 0.0588. The second-order valence-corrected chi connectivity index (χ2v) is 11.7. The normalized spacial score (nSPS) is 21.1. The van der Waals surface area contributed by atoms with Crippen molar-refractivity contribution < 1.29 is 9.18 Å². The number of aryl methyl sites for hydroxylation is 2. The Bertz CT molecular complexity index is 1170. The van der Waals surface area contributed by atoms with Gasteiger partial charge in [-0.15, -0.1) is 11.3 Å². The molecule has 0 spiro atoms. The SMILES string of the molecule is Cc1ccccc1[C@@H]1CN(Cc2sccc2C)C[C@H]1CN(C(=O)c1ccc(F)cc1)C1CCCCC1. The van der Waals surface area contributed by atoms with E-state index in [1.165, 1.54) is 53.0 Å². The van der Waals surface area contributed by atoms with Crippen LogP contribution in [0, 0.1) is 25.6 Å². The lowest BCUT2D eigenvalue weighted by Gasteiger charge is -2.37. The van der Waals surface area contributed by atoms with Crippen LogP contribution in [-0.4, -0.2) is 41.4 Å². The average Bonchev–Trinajstić information content (AvgIpc) is 3.49. The molecule has 1 aromatic heterocycles. The number of hydrogen-bond donors (Lipinski definition) is 0. The first kappa shape index (κ1) is 25.2. The number of nitrogens with zero attached hydrogens (tertiary/aromatic N) is 2. The van der Waals surface area contributed by atoms with Crippen LogP contribution in [0.25, 0.3) is 0 Å². The van der Waals surface area contributed by atoms with Gasteiger partial charge >= 0.3 is 0 Å².